The number of carbonyl (C=O) groups excluding carboxylic acids is 1. The van der Waals surface area contributed by atoms with Gasteiger partial charge in [-0.25, -0.2) is 4.79 Å². The summed E-state index contributed by atoms with van der Waals surface area (Å²) in [5.74, 6) is 0.503. The van der Waals surface area contributed by atoms with Gasteiger partial charge < -0.3 is 9.26 Å². The minimum Gasteiger partial charge on any atom is -0.452 e. The first-order chi connectivity index (χ1) is 12.2. The highest BCUT2D eigenvalue weighted by Gasteiger charge is 2.22. The van der Waals surface area contributed by atoms with Crippen LogP contribution in [-0.4, -0.2) is 16.1 Å². The van der Waals surface area contributed by atoms with E-state index in [4.69, 9.17) is 9.26 Å². The zero-order chi connectivity index (χ0) is 17.2. The number of ether oxygens (including phenoxy) is 1. The third kappa shape index (κ3) is 3.22. The van der Waals surface area contributed by atoms with Gasteiger partial charge in [0.15, 0.2) is 6.61 Å². The van der Waals surface area contributed by atoms with Crippen LogP contribution in [0.2, 0.25) is 0 Å². The number of rotatable bonds is 4. The molecule has 4 rings (SSSR count). The van der Waals surface area contributed by atoms with Crippen molar-refractivity contribution in [3.05, 3.63) is 57.1 Å². The molecule has 0 bridgehead atoms. The summed E-state index contributed by atoms with van der Waals surface area (Å²) in [6.45, 7) is 1.98. The summed E-state index contributed by atoms with van der Waals surface area (Å²) < 4.78 is 10.6. The lowest BCUT2D eigenvalue weighted by Gasteiger charge is -2.11. The van der Waals surface area contributed by atoms with Crippen LogP contribution in [-0.2, 0) is 24.2 Å². The maximum atomic E-state index is 12.4. The zero-order valence-corrected chi connectivity index (χ0v) is 14.8. The summed E-state index contributed by atoms with van der Waals surface area (Å²) in [5, 5.41) is 5.89. The molecule has 0 saturated heterocycles. The normalized spacial score (nSPS) is 13.5. The molecule has 5 nitrogen and oxygen atoms in total. The lowest BCUT2D eigenvalue weighted by atomic mass is 9.96. The van der Waals surface area contributed by atoms with E-state index in [9.17, 15) is 4.79 Å². The molecule has 0 N–H and O–H groups in total. The molecule has 0 unspecified atom stereocenters. The van der Waals surface area contributed by atoms with Gasteiger partial charge in [0.05, 0.1) is 5.56 Å². The van der Waals surface area contributed by atoms with Gasteiger partial charge in [-0.15, -0.1) is 11.3 Å². The van der Waals surface area contributed by atoms with Crippen molar-refractivity contribution in [2.75, 3.05) is 0 Å². The van der Waals surface area contributed by atoms with Crippen molar-refractivity contribution < 1.29 is 14.1 Å². The van der Waals surface area contributed by atoms with E-state index in [0.717, 1.165) is 36.0 Å². The van der Waals surface area contributed by atoms with Crippen LogP contribution in [0.3, 0.4) is 0 Å². The predicted octanol–water partition coefficient (Wildman–Crippen LogP) is 4.34. The standard InChI is InChI=1S/C19H18N2O3S/c1-12-6-2-3-7-13(12)18-20-17(24-21-18)10-23-19(22)15-11-25-16-9-5-4-8-14(15)16/h2-3,6-7,11H,4-5,8-10H2,1H3. The number of fused-ring (bicyclic) bond motifs is 1. The Kier molecular flexibility index (Phi) is 4.36. The highest BCUT2D eigenvalue weighted by Crippen LogP contribution is 2.30. The van der Waals surface area contributed by atoms with Crippen LogP contribution in [0.1, 0.15) is 45.1 Å². The van der Waals surface area contributed by atoms with Gasteiger partial charge in [0.1, 0.15) is 0 Å². The molecule has 1 aliphatic rings. The van der Waals surface area contributed by atoms with E-state index in [2.05, 4.69) is 10.1 Å². The second kappa shape index (κ2) is 6.80. The molecule has 0 aliphatic heterocycles. The van der Waals surface area contributed by atoms with Gasteiger partial charge in [0, 0.05) is 15.8 Å². The van der Waals surface area contributed by atoms with Crippen LogP contribution in [0.5, 0.6) is 0 Å². The van der Waals surface area contributed by atoms with E-state index in [1.807, 2.05) is 36.6 Å². The molecule has 25 heavy (non-hydrogen) atoms. The Morgan fingerprint density at radius 3 is 3.00 bits per heavy atom. The van der Waals surface area contributed by atoms with Crippen molar-refractivity contribution >= 4 is 17.3 Å². The molecular weight excluding hydrogens is 336 g/mol. The summed E-state index contributed by atoms with van der Waals surface area (Å²) >= 11 is 1.65. The first kappa shape index (κ1) is 16.0. The molecule has 0 amide bonds. The smallest absolute Gasteiger partial charge is 0.339 e. The summed E-state index contributed by atoms with van der Waals surface area (Å²) in [6, 6.07) is 7.82. The fourth-order valence-electron chi connectivity index (χ4n) is 3.12. The first-order valence-corrected chi connectivity index (χ1v) is 9.25. The molecule has 0 spiro atoms. The fraction of sp³-hybridized carbons (Fsp3) is 0.316. The van der Waals surface area contributed by atoms with Crippen LogP contribution in [0.4, 0.5) is 0 Å². The van der Waals surface area contributed by atoms with Gasteiger partial charge in [0.25, 0.3) is 5.89 Å². The summed E-state index contributed by atoms with van der Waals surface area (Å²) in [7, 11) is 0. The number of aryl methyl sites for hydroxylation is 2. The van der Waals surface area contributed by atoms with Crippen LogP contribution in [0.25, 0.3) is 11.4 Å². The van der Waals surface area contributed by atoms with Gasteiger partial charge in [-0.3, -0.25) is 0 Å². The highest BCUT2D eigenvalue weighted by atomic mass is 32.1. The minimum absolute atomic E-state index is 0.0116. The number of hydrogen-bond acceptors (Lipinski definition) is 6. The van der Waals surface area contributed by atoms with Crippen LogP contribution < -0.4 is 0 Å². The number of benzene rings is 1. The number of aromatic nitrogens is 2. The summed E-state index contributed by atoms with van der Waals surface area (Å²) in [4.78, 5) is 18.0. The number of nitrogens with zero attached hydrogens (tertiary/aromatic N) is 2. The maximum Gasteiger partial charge on any atom is 0.339 e. The molecule has 0 saturated carbocycles. The molecule has 0 radical (unpaired) electrons. The number of esters is 1. The monoisotopic (exact) mass is 354 g/mol. The number of thiophene rings is 1. The fourth-order valence-corrected chi connectivity index (χ4v) is 4.23. The Morgan fingerprint density at radius 1 is 1.28 bits per heavy atom. The molecule has 2 heterocycles. The Labute approximate surface area is 149 Å². The first-order valence-electron chi connectivity index (χ1n) is 8.37. The van der Waals surface area contributed by atoms with Crippen molar-refractivity contribution in [1.82, 2.24) is 10.1 Å². The topological polar surface area (TPSA) is 65.2 Å². The van der Waals surface area contributed by atoms with E-state index < -0.39 is 0 Å². The van der Waals surface area contributed by atoms with Crippen LogP contribution >= 0.6 is 11.3 Å². The molecule has 128 valence electrons. The summed E-state index contributed by atoms with van der Waals surface area (Å²) in [6.07, 6.45) is 4.36. The second-order valence-electron chi connectivity index (χ2n) is 6.16. The third-order valence-corrected chi connectivity index (χ3v) is 5.55. The lowest BCUT2D eigenvalue weighted by molar-refractivity contribution is 0.0429. The predicted molar refractivity (Wildman–Crippen MR) is 94.6 cm³/mol. The van der Waals surface area contributed by atoms with Crippen molar-refractivity contribution in [1.29, 1.82) is 0 Å². The molecule has 3 aromatic rings. The van der Waals surface area contributed by atoms with Crippen molar-refractivity contribution in [3.63, 3.8) is 0 Å². The van der Waals surface area contributed by atoms with Gasteiger partial charge in [0.2, 0.25) is 5.82 Å². The van der Waals surface area contributed by atoms with Crippen molar-refractivity contribution in [2.45, 2.75) is 39.2 Å². The third-order valence-electron chi connectivity index (χ3n) is 4.46. The molecule has 1 aromatic carbocycles. The summed E-state index contributed by atoms with van der Waals surface area (Å²) in [5.41, 5.74) is 3.83. The quantitative estimate of drug-likeness (QED) is 0.652. The van der Waals surface area contributed by atoms with E-state index in [0.29, 0.717) is 17.3 Å². The average Bonchev–Trinajstić information content (AvgIpc) is 3.27. The Hall–Kier alpha value is -2.47. The number of hydrogen-bond donors (Lipinski definition) is 0. The molecule has 0 atom stereocenters. The van der Waals surface area contributed by atoms with Gasteiger partial charge in [-0.05, 0) is 43.7 Å². The molecular formula is C19H18N2O3S. The van der Waals surface area contributed by atoms with Crippen LogP contribution in [0, 0.1) is 6.92 Å². The van der Waals surface area contributed by atoms with Crippen molar-refractivity contribution in [2.24, 2.45) is 0 Å². The molecule has 1 aliphatic carbocycles. The SMILES string of the molecule is Cc1ccccc1-c1noc(COC(=O)c2csc3c2CCCC3)n1. The zero-order valence-electron chi connectivity index (χ0n) is 13.9. The Balaban J connectivity index is 1.45. The van der Waals surface area contributed by atoms with Crippen molar-refractivity contribution in [3.8, 4) is 11.4 Å². The van der Waals surface area contributed by atoms with E-state index in [1.54, 1.807) is 11.3 Å². The lowest BCUT2D eigenvalue weighted by Crippen LogP contribution is -2.09. The van der Waals surface area contributed by atoms with E-state index in [-0.39, 0.29) is 12.6 Å². The average molecular weight is 354 g/mol. The Morgan fingerprint density at radius 2 is 2.12 bits per heavy atom. The van der Waals surface area contributed by atoms with E-state index >= 15 is 0 Å². The minimum atomic E-state index is -0.310. The number of carbonyl (C=O) groups is 1. The van der Waals surface area contributed by atoms with Crippen LogP contribution in [0.15, 0.2) is 34.2 Å². The van der Waals surface area contributed by atoms with Gasteiger partial charge in [-0.2, -0.15) is 4.98 Å². The molecule has 2 aromatic heterocycles. The molecule has 6 heteroatoms. The molecule has 0 fully saturated rings. The van der Waals surface area contributed by atoms with Gasteiger partial charge in [-0.1, -0.05) is 29.4 Å². The maximum absolute atomic E-state index is 12.4. The Bertz CT molecular complexity index is 913. The second-order valence-corrected chi connectivity index (χ2v) is 7.13. The van der Waals surface area contributed by atoms with E-state index in [1.165, 1.54) is 11.3 Å². The largest absolute Gasteiger partial charge is 0.452 e. The highest BCUT2D eigenvalue weighted by molar-refractivity contribution is 7.10. The van der Waals surface area contributed by atoms with Gasteiger partial charge >= 0.3 is 5.97 Å².